The molecular weight excluding hydrogens is 222 g/mol. The minimum atomic E-state index is -0.179. The molecule has 0 saturated carbocycles. The summed E-state index contributed by atoms with van der Waals surface area (Å²) in [7, 11) is 0. The molecule has 3 nitrogen and oxygen atoms in total. The number of hydrogen-bond acceptors (Lipinski definition) is 3. The first-order chi connectivity index (χ1) is 8.41. The van der Waals surface area contributed by atoms with Crippen molar-refractivity contribution in [3.05, 3.63) is 0 Å². The average Bonchev–Trinajstić information content (AvgIpc) is 2.37. The predicted octanol–water partition coefficient (Wildman–Crippen LogP) is 3.33. The van der Waals surface area contributed by atoms with E-state index in [1.54, 1.807) is 0 Å². The van der Waals surface area contributed by atoms with Crippen LogP contribution in [0.1, 0.15) is 52.9 Å². The highest BCUT2D eigenvalue weighted by Crippen LogP contribution is 2.30. The van der Waals surface area contributed by atoms with Gasteiger partial charge in [0.05, 0.1) is 23.0 Å². The van der Waals surface area contributed by atoms with Gasteiger partial charge in [-0.1, -0.05) is 6.42 Å². The molecule has 18 heavy (non-hydrogen) atoms. The van der Waals surface area contributed by atoms with Gasteiger partial charge in [0.25, 0.3) is 0 Å². The van der Waals surface area contributed by atoms with Crippen LogP contribution in [0.4, 0.5) is 0 Å². The smallest absolute Gasteiger partial charge is 0.0687 e. The third-order valence-corrected chi connectivity index (χ3v) is 4.06. The van der Waals surface area contributed by atoms with Gasteiger partial charge in [-0.15, -0.1) is 0 Å². The fourth-order valence-corrected chi connectivity index (χ4v) is 2.34. The van der Waals surface area contributed by atoms with E-state index in [4.69, 9.17) is 10.5 Å². The summed E-state index contributed by atoms with van der Waals surface area (Å²) in [4.78, 5) is 2.46. The van der Waals surface area contributed by atoms with E-state index >= 15 is 0 Å². The van der Waals surface area contributed by atoms with Gasteiger partial charge in [0.1, 0.15) is 0 Å². The van der Waals surface area contributed by atoms with Crippen molar-refractivity contribution in [3.8, 4) is 12.1 Å². The Bertz CT molecular complexity index is 338. The Morgan fingerprint density at radius 2 is 1.78 bits per heavy atom. The lowest BCUT2D eigenvalue weighted by atomic mass is 9.82. The van der Waals surface area contributed by atoms with Gasteiger partial charge >= 0.3 is 0 Å². The van der Waals surface area contributed by atoms with E-state index in [1.807, 2.05) is 13.8 Å². The Morgan fingerprint density at radius 3 is 2.28 bits per heavy atom. The number of unbranched alkanes of at least 4 members (excludes halogenated alkanes) is 1. The third-order valence-electron chi connectivity index (χ3n) is 4.06. The summed E-state index contributed by atoms with van der Waals surface area (Å²) in [6.45, 7) is 9.29. The van der Waals surface area contributed by atoms with Crippen LogP contribution < -0.4 is 0 Å². The van der Waals surface area contributed by atoms with Crippen molar-refractivity contribution in [2.45, 2.75) is 52.9 Å². The SMILES string of the molecule is CC(C)(C#N)CCCCN1CCC(C)(C#N)CC1. The standard InChI is InChI=1S/C15H25N3/c1-14(2,12-16)6-4-5-9-18-10-7-15(3,13-17)8-11-18/h4-11H2,1-3H3. The number of hydrogen-bond donors (Lipinski definition) is 0. The van der Waals surface area contributed by atoms with Crippen LogP contribution in [-0.2, 0) is 0 Å². The Labute approximate surface area is 111 Å². The lowest BCUT2D eigenvalue weighted by Crippen LogP contribution is -2.38. The predicted molar refractivity (Wildman–Crippen MR) is 72.6 cm³/mol. The number of piperidine rings is 1. The Kier molecular flexibility index (Phi) is 5.17. The maximum atomic E-state index is 9.07. The fourth-order valence-electron chi connectivity index (χ4n) is 2.34. The highest BCUT2D eigenvalue weighted by Gasteiger charge is 2.29. The van der Waals surface area contributed by atoms with Crippen LogP contribution in [0.15, 0.2) is 0 Å². The van der Waals surface area contributed by atoms with E-state index < -0.39 is 0 Å². The molecule has 0 aromatic heterocycles. The number of likely N-dealkylation sites (tertiary alicyclic amines) is 1. The van der Waals surface area contributed by atoms with E-state index in [2.05, 4.69) is 24.0 Å². The highest BCUT2D eigenvalue weighted by atomic mass is 15.1. The molecule has 0 aliphatic carbocycles. The molecule has 1 aliphatic heterocycles. The molecule has 0 bridgehead atoms. The zero-order chi connectivity index (χ0) is 13.6. The van der Waals surface area contributed by atoms with Crippen molar-refractivity contribution in [1.29, 1.82) is 10.5 Å². The normalized spacial score (nSPS) is 20.1. The van der Waals surface area contributed by atoms with E-state index in [-0.39, 0.29) is 10.8 Å². The molecule has 100 valence electrons. The molecule has 1 aliphatic rings. The molecule has 1 fully saturated rings. The van der Waals surface area contributed by atoms with Gasteiger partial charge in [-0.25, -0.2) is 0 Å². The first-order valence-electron chi connectivity index (χ1n) is 6.96. The Balaban J connectivity index is 2.16. The van der Waals surface area contributed by atoms with Gasteiger partial charge in [0.2, 0.25) is 0 Å². The summed E-state index contributed by atoms with van der Waals surface area (Å²) in [6, 6.07) is 4.78. The van der Waals surface area contributed by atoms with Crippen LogP contribution in [0.25, 0.3) is 0 Å². The van der Waals surface area contributed by atoms with Crippen LogP contribution in [0, 0.1) is 33.5 Å². The molecule has 0 unspecified atom stereocenters. The molecule has 0 N–H and O–H groups in total. The molecule has 0 aromatic carbocycles. The van der Waals surface area contributed by atoms with Gasteiger partial charge in [-0.2, -0.15) is 10.5 Å². The van der Waals surface area contributed by atoms with Crippen LogP contribution >= 0.6 is 0 Å². The van der Waals surface area contributed by atoms with Gasteiger partial charge in [0.15, 0.2) is 0 Å². The van der Waals surface area contributed by atoms with Crippen molar-refractivity contribution in [3.63, 3.8) is 0 Å². The molecule has 0 spiro atoms. The minimum Gasteiger partial charge on any atom is -0.303 e. The lowest BCUT2D eigenvalue weighted by Gasteiger charge is -2.35. The molecule has 1 saturated heterocycles. The zero-order valence-electron chi connectivity index (χ0n) is 12.0. The number of nitriles is 2. The van der Waals surface area contributed by atoms with Crippen molar-refractivity contribution in [2.24, 2.45) is 10.8 Å². The fraction of sp³-hybridized carbons (Fsp3) is 0.867. The van der Waals surface area contributed by atoms with Gasteiger partial charge in [0, 0.05) is 0 Å². The number of nitrogens with zero attached hydrogens (tertiary/aromatic N) is 3. The van der Waals surface area contributed by atoms with Crippen molar-refractivity contribution >= 4 is 0 Å². The third kappa shape index (κ3) is 4.67. The minimum absolute atomic E-state index is 0.0979. The van der Waals surface area contributed by atoms with Gasteiger partial charge in [-0.3, -0.25) is 0 Å². The summed E-state index contributed by atoms with van der Waals surface area (Å²) in [5, 5.41) is 18.0. The van der Waals surface area contributed by atoms with Crippen LogP contribution in [0.3, 0.4) is 0 Å². The summed E-state index contributed by atoms with van der Waals surface area (Å²) in [5.74, 6) is 0. The quantitative estimate of drug-likeness (QED) is 0.700. The second kappa shape index (κ2) is 6.21. The van der Waals surface area contributed by atoms with Crippen LogP contribution in [-0.4, -0.2) is 24.5 Å². The first kappa shape index (κ1) is 15.0. The van der Waals surface area contributed by atoms with Crippen LogP contribution in [0.5, 0.6) is 0 Å². The van der Waals surface area contributed by atoms with Gasteiger partial charge < -0.3 is 4.90 Å². The molecule has 3 heteroatoms. The molecule has 0 amide bonds. The van der Waals surface area contributed by atoms with Crippen molar-refractivity contribution in [2.75, 3.05) is 19.6 Å². The molecule has 1 heterocycles. The number of rotatable bonds is 5. The van der Waals surface area contributed by atoms with Crippen molar-refractivity contribution < 1.29 is 0 Å². The summed E-state index contributed by atoms with van der Waals surface area (Å²) >= 11 is 0. The average molecular weight is 247 g/mol. The second-order valence-corrected chi connectivity index (χ2v) is 6.47. The van der Waals surface area contributed by atoms with E-state index in [0.717, 1.165) is 51.7 Å². The van der Waals surface area contributed by atoms with Crippen molar-refractivity contribution in [1.82, 2.24) is 4.90 Å². The molecule has 0 atom stereocenters. The largest absolute Gasteiger partial charge is 0.303 e. The Morgan fingerprint density at radius 1 is 1.17 bits per heavy atom. The first-order valence-corrected chi connectivity index (χ1v) is 6.96. The zero-order valence-corrected chi connectivity index (χ0v) is 12.0. The molecule has 0 radical (unpaired) electrons. The monoisotopic (exact) mass is 247 g/mol. The summed E-state index contributed by atoms with van der Waals surface area (Å²) in [5.41, 5.74) is -0.277. The second-order valence-electron chi connectivity index (χ2n) is 6.47. The highest BCUT2D eigenvalue weighted by molar-refractivity contribution is 4.98. The lowest BCUT2D eigenvalue weighted by molar-refractivity contribution is 0.153. The Hall–Kier alpha value is -1.06. The maximum Gasteiger partial charge on any atom is 0.0687 e. The van der Waals surface area contributed by atoms with Gasteiger partial charge in [-0.05, 0) is 66.1 Å². The summed E-state index contributed by atoms with van der Waals surface area (Å²) in [6.07, 6.45) is 5.24. The van der Waals surface area contributed by atoms with E-state index in [0.29, 0.717) is 0 Å². The van der Waals surface area contributed by atoms with E-state index in [1.165, 1.54) is 0 Å². The molecular formula is C15H25N3. The molecule has 0 aromatic rings. The maximum absolute atomic E-state index is 9.07. The summed E-state index contributed by atoms with van der Waals surface area (Å²) < 4.78 is 0. The van der Waals surface area contributed by atoms with E-state index in [9.17, 15) is 0 Å². The topological polar surface area (TPSA) is 50.8 Å². The van der Waals surface area contributed by atoms with Crippen LogP contribution in [0.2, 0.25) is 0 Å². The molecule has 1 rings (SSSR count).